The summed E-state index contributed by atoms with van der Waals surface area (Å²) < 4.78 is 10.9. The topological polar surface area (TPSA) is 57.4 Å². The lowest BCUT2D eigenvalue weighted by atomic mass is 10.3. The van der Waals surface area contributed by atoms with E-state index in [9.17, 15) is 0 Å². The molecule has 1 aliphatic rings. The summed E-state index contributed by atoms with van der Waals surface area (Å²) in [6.07, 6.45) is 2.50. The highest BCUT2D eigenvalue weighted by Gasteiger charge is 2.22. The van der Waals surface area contributed by atoms with Gasteiger partial charge in [-0.1, -0.05) is 11.8 Å². The van der Waals surface area contributed by atoms with Crippen LogP contribution in [0.1, 0.15) is 12.8 Å². The summed E-state index contributed by atoms with van der Waals surface area (Å²) in [5.74, 6) is 2.07. The Morgan fingerprint density at radius 3 is 2.62 bits per heavy atom. The molecule has 2 N–H and O–H groups in total. The zero-order valence-electron chi connectivity index (χ0n) is 11.9. The van der Waals surface area contributed by atoms with Gasteiger partial charge in [0, 0.05) is 4.90 Å². The Morgan fingerprint density at radius 1 is 1.19 bits per heavy atom. The molecule has 1 heterocycles. The van der Waals surface area contributed by atoms with Gasteiger partial charge in [-0.25, -0.2) is 4.98 Å². The van der Waals surface area contributed by atoms with Crippen LogP contribution >= 0.6 is 11.8 Å². The molecule has 0 bridgehead atoms. The largest absolute Gasteiger partial charge is 0.497 e. The van der Waals surface area contributed by atoms with Crippen LogP contribution in [0.15, 0.2) is 46.3 Å². The molecule has 0 aliphatic heterocycles. The van der Waals surface area contributed by atoms with Crippen molar-refractivity contribution in [1.29, 1.82) is 0 Å². The van der Waals surface area contributed by atoms with Gasteiger partial charge in [-0.05, 0) is 55.2 Å². The average Bonchev–Trinajstić information content (AvgIpc) is 3.33. The molecule has 1 aromatic heterocycles. The van der Waals surface area contributed by atoms with E-state index in [1.807, 2.05) is 36.4 Å². The van der Waals surface area contributed by atoms with Gasteiger partial charge in [0.15, 0.2) is 0 Å². The molecular formula is C16H18N2O2S. The number of nitrogens with two attached hydrogens (primary N) is 1. The molecule has 21 heavy (non-hydrogen) atoms. The fraction of sp³-hybridized carbons (Fsp3) is 0.312. The quantitative estimate of drug-likeness (QED) is 0.883. The van der Waals surface area contributed by atoms with Gasteiger partial charge in [-0.2, -0.15) is 0 Å². The van der Waals surface area contributed by atoms with Crippen molar-refractivity contribution in [3.63, 3.8) is 0 Å². The molecule has 3 rings (SSSR count). The Balaban J connectivity index is 1.69. The molecule has 1 saturated carbocycles. The first-order valence-electron chi connectivity index (χ1n) is 6.96. The second-order valence-corrected chi connectivity index (χ2v) is 6.17. The van der Waals surface area contributed by atoms with Crippen molar-refractivity contribution < 1.29 is 9.47 Å². The van der Waals surface area contributed by atoms with Gasteiger partial charge < -0.3 is 15.2 Å². The number of hydrogen-bond donors (Lipinski definition) is 1. The van der Waals surface area contributed by atoms with Gasteiger partial charge in [-0.3, -0.25) is 0 Å². The van der Waals surface area contributed by atoms with Crippen molar-refractivity contribution in [2.24, 2.45) is 5.92 Å². The van der Waals surface area contributed by atoms with Gasteiger partial charge in [0.25, 0.3) is 0 Å². The van der Waals surface area contributed by atoms with Gasteiger partial charge in [0.2, 0.25) is 5.88 Å². The van der Waals surface area contributed by atoms with E-state index in [4.69, 9.17) is 15.2 Å². The van der Waals surface area contributed by atoms with Gasteiger partial charge in [0.05, 0.1) is 19.4 Å². The molecule has 2 aromatic rings. The maximum absolute atomic E-state index is 5.91. The van der Waals surface area contributed by atoms with Crippen LogP contribution in [0.5, 0.6) is 11.6 Å². The molecule has 0 amide bonds. The number of hydrogen-bond acceptors (Lipinski definition) is 5. The highest BCUT2D eigenvalue weighted by atomic mass is 32.2. The smallest absolute Gasteiger partial charge is 0.238 e. The lowest BCUT2D eigenvalue weighted by molar-refractivity contribution is 0.288. The first-order chi connectivity index (χ1) is 10.2. The Kier molecular flexibility index (Phi) is 4.20. The number of nitrogen functional groups attached to an aromatic ring is 1. The number of aromatic nitrogens is 1. The number of nitrogens with zero attached hydrogens (tertiary/aromatic N) is 1. The van der Waals surface area contributed by atoms with E-state index in [1.165, 1.54) is 12.8 Å². The summed E-state index contributed by atoms with van der Waals surface area (Å²) >= 11 is 1.58. The summed E-state index contributed by atoms with van der Waals surface area (Å²) in [6, 6.07) is 11.6. The number of methoxy groups -OCH3 is 1. The fourth-order valence-electron chi connectivity index (χ4n) is 1.85. The van der Waals surface area contributed by atoms with E-state index < -0.39 is 0 Å². The minimum Gasteiger partial charge on any atom is -0.497 e. The minimum absolute atomic E-state index is 0.542. The van der Waals surface area contributed by atoms with E-state index >= 15 is 0 Å². The molecule has 0 spiro atoms. The Labute approximate surface area is 128 Å². The third-order valence-corrected chi connectivity index (χ3v) is 4.24. The summed E-state index contributed by atoms with van der Waals surface area (Å²) in [7, 11) is 1.66. The van der Waals surface area contributed by atoms with Crippen LogP contribution in [-0.2, 0) is 0 Å². The molecule has 0 radical (unpaired) electrons. The molecule has 1 fully saturated rings. The molecular weight excluding hydrogens is 284 g/mol. The van der Waals surface area contributed by atoms with E-state index in [0.29, 0.717) is 24.1 Å². The molecule has 1 aliphatic carbocycles. The Hall–Kier alpha value is -1.88. The summed E-state index contributed by atoms with van der Waals surface area (Å²) in [4.78, 5) is 5.59. The van der Waals surface area contributed by atoms with Gasteiger partial charge in [-0.15, -0.1) is 0 Å². The lowest BCUT2D eigenvalue weighted by Crippen LogP contribution is -2.04. The molecule has 0 saturated heterocycles. The molecule has 5 heteroatoms. The number of pyridine rings is 1. The maximum atomic E-state index is 5.91. The van der Waals surface area contributed by atoms with Crippen molar-refractivity contribution >= 4 is 17.4 Å². The number of ether oxygens (including phenoxy) is 2. The molecule has 0 atom stereocenters. The molecule has 4 nitrogen and oxygen atoms in total. The predicted octanol–water partition coefficient (Wildman–Crippen LogP) is 3.61. The highest BCUT2D eigenvalue weighted by molar-refractivity contribution is 7.99. The van der Waals surface area contributed by atoms with Crippen molar-refractivity contribution in [3.05, 3.63) is 36.4 Å². The van der Waals surface area contributed by atoms with Crippen LogP contribution in [0.3, 0.4) is 0 Å². The number of anilines is 1. The van der Waals surface area contributed by atoms with E-state index in [0.717, 1.165) is 15.7 Å². The molecule has 110 valence electrons. The summed E-state index contributed by atoms with van der Waals surface area (Å²) in [5.41, 5.74) is 6.51. The SMILES string of the molecule is COc1ccc(Sc2ccc(N)c(OCC3CC3)n2)cc1. The zero-order chi connectivity index (χ0) is 14.7. The standard InChI is InChI=1S/C16H18N2O2S/c1-19-12-4-6-13(7-5-12)21-15-9-8-14(17)16(18-15)20-10-11-2-3-11/h4-9,11H,2-3,10,17H2,1H3. The molecule has 0 unspecified atom stereocenters. The maximum Gasteiger partial charge on any atom is 0.238 e. The second-order valence-electron chi connectivity index (χ2n) is 5.08. The van der Waals surface area contributed by atoms with Crippen LogP contribution in [-0.4, -0.2) is 18.7 Å². The lowest BCUT2D eigenvalue weighted by Gasteiger charge is -2.09. The van der Waals surface area contributed by atoms with Crippen molar-refractivity contribution in [1.82, 2.24) is 4.98 Å². The number of benzene rings is 1. The average molecular weight is 302 g/mol. The second kappa shape index (κ2) is 6.26. The highest BCUT2D eigenvalue weighted by Crippen LogP contribution is 2.33. The van der Waals surface area contributed by atoms with Crippen LogP contribution in [0.4, 0.5) is 5.69 Å². The van der Waals surface area contributed by atoms with Crippen molar-refractivity contribution in [3.8, 4) is 11.6 Å². The van der Waals surface area contributed by atoms with Crippen LogP contribution in [0.25, 0.3) is 0 Å². The van der Waals surface area contributed by atoms with Gasteiger partial charge >= 0.3 is 0 Å². The normalized spacial score (nSPS) is 14.0. The zero-order valence-corrected chi connectivity index (χ0v) is 12.7. The Morgan fingerprint density at radius 2 is 1.95 bits per heavy atom. The third-order valence-electron chi connectivity index (χ3n) is 3.30. The van der Waals surface area contributed by atoms with E-state index in [1.54, 1.807) is 18.9 Å². The minimum atomic E-state index is 0.542. The van der Waals surface area contributed by atoms with E-state index in [-0.39, 0.29) is 0 Å². The first-order valence-corrected chi connectivity index (χ1v) is 7.77. The van der Waals surface area contributed by atoms with Crippen molar-refractivity contribution in [2.45, 2.75) is 22.8 Å². The van der Waals surface area contributed by atoms with Gasteiger partial charge in [0.1, 0.15) is 10.8 Å². The summed E-state index contributed by atoms with van der Waals surface area (Å²) in [6.45, 7) is 0.716. The third kappa shape index (κ3) is 3.82. The van der Waals surface area contributed by atoms with Crippen LogP contribution < -0.4 is 15.2 Å². The number of rotatable bonds is 6. The monoisotopic (exact) mass is 302 g/mol. The predicted molar refractivity (Wildman–Crippen MR) is 84.0 cm³/mol. The van der Waals surface area contributed by atoms with Crippen LogP contribution in [0, 0.1) is 5.92 Å². The fourth-order valence-corrected chi connectivity index (χ4v) is 2.63. The van der Waals surface area contributed by atoms with E-state index in [2.05, 4.69) is 4.98 Å². The molecule has 1 aromatic carbocycles. The Bertz CT molecular complexity index is 612. The summed E-state index contributed by atoms with van der Waals surface area (Å²) in [5, 5.41) is 0.875. The first kappa shape index (κ1) is 14.1. The van der Waals surface area contributed by atoms with Crippen LogP contribution in [0.2, 0.25) is 0 Å². The van der Waals surface area contributed by atoms with Crippen molar-refractivity contribution in [2.75, 3.05) is 19.5 Å².